The molecule has 4 rings (SSSR count). The normalized spacial score (nSPS) is 10.9. The van der Waals surface area contributed by atoms with Crippen LogP contribution in [0.2, 0.25) is 0 Å². The summed E-state index contributed by atoms with van der Waals surface area (Å²) >= 11 is 0. The van der Waals surface area contributed by atoms with Crippen molar-refractivity contribution >= 4 is 32.3 Å². The second-order valence-electron chi connectivity index (χ2n) is 5.00. The van der Waals surface area contributed by atoms with Crippen LogP contribution in [0.5, 0.6) is 0 Å². The number of hydrogen-bond acceptors (Lipinski definition) is 0. The number of terminal acetylenes is 1. The third-order valence-electron chi connectivity index (χ3n) is 3.92. The van der Waals surface area contributed by atoms with Crippen LogP contribution in [0.3, 0.4) is 0 Å². The molecule has 0 heterocycles. The van der Waals surface area contributed by atoms with Crippen LogP contribution in [0.1, 0.15) is 5.56 Å². The molecule has 20 heavy (non-hydrogen) atoms. The lowest BCUT2D eigenvalue weighted by Gasteiger charge is -2.09. The Balaban J connectivity index is 2.32. The van der Waals surface area contributed by atoms with Gasteiger partial charge < -0.3 is 0 Å². The van der Waals surface area contributed by atoms with Crippen LogP contribution in [0.4, 0.5) is 0 Å². The summed E-state index contributed by atoms with van der Waals surface area (Å²) in [7, 11) is 0. The minimum Gasteiger partial charge on any atom is -0.115 e. The number of hydrogen-bond donors (Lipinski definition) is 0. The van der Waals surface area contributed by atoms with Gasteiger partial charge in [0.1, 0.15) is 0 Å². The zero-order valence-electron chi connectivity index (χ0n) is 10.9. The van der Waals surface area contributed by atoms with Gasteiger partial charge in [0.05, 0.1) is 0 Å². The Kier molecular flexibility index (Phi) is 2.28. The fourth-order valence-electron chi connectivity index (χ4n) is 3.00. The number of benzene rings is 4. The van der Waals surface area contributed by atoms with Gasteiger partial charge in [-0.3, -0.25) is 0 Å². The molecule has 0 fully saturated rings. The summed E-state index contributed by atoms with van der Waals surface area (Å²) in [6.45, 7) is 0. The van der Waals surface area contributed by atoms with Crippen LogP contribution in [0.15, 0.2) is 66.7 Å². The molecule has 0 atom stereocenters. The van der Waals surface area contributed by atoms with Crippen molar-refractivity contribution in [3.63, 3.8) is 0 Å². The maximum Gasteiger partial charge on any atom is 0.0327 e. The summed E-state index contributed by atoms with van der Waals surface area (Å²) in [5.74, 6) is 2.81. The first kappa shape index (κ1) is 11.1. The zero-order valence-corrected chi connectivity index (χ0v) is 10.9. The Hall–Kier alpha value is -2.78. The average Bonchev–Trinajstić information content (AvgIpc) is 2.53. The highest BCUT2D eigenvalue weighted by atomic mass is 14.1. The van der Waals surface area contributed by atoms with Crippen molar-refractivity contribution in [2.24, 2.45) is 0 Å². The van der Waals surface area contributed by atoms with Crippen LogP contribution in [0.25, 0.3) is 32.3 Å². The average molecular weight is 252 g/mol. The predicted octanol–water partition coefficient (Wildman–Crippen LogP) is 5.13. The third kappa shape index (κ3) is 1.44. The highest BCUT2D eigenvalue weighted by Gasteiger charge is 2.06. The van der Waals surface area contributed by atoms with Crippen molar-refractivity contribution < 1.29 is 0 Å². The minimum absolute atomic E-state index is 0.961. The van der Waals surface area contributed by atoms with Crippen molar-refractivity contribution in [3.05, 3.63) is 72.3 Å². The van der Waals surface area contributed by atoms with Crippen molar-refractivity contribution in [1.82, 2.24) is 0 Å². The van der Waals surface area contributed by atoms with Gasteiger partial charge in [0.25, 0.3) is 0 Å². The lowest BCUT2D eigenvalue weighted by molar-refractivity contribution is 1.73. The van der Waals surface area contributed by atoms with Crippen LogP contribution in [-0.2, 0) is 0 Å². The Bertz CT molecular complexity index is 1000. The molecule has 0 bridgehead atoms. The maximum atomic E-state index is 5.67. The topological polar surface area (TPSA) is 0 Å². The Labute approximate surface area is 117 Å². The quantitative estimate of drug-likeness (QED) is 0.301. The molecule has 92 valence electrons. The molecule has 0 heteroatoms. The fourth-order valence-corrected chi connectivity index (χ4v) is 3.00. The van der Waals surface area contributed by atoms with Crippen molar-refractivity contribution in [2.75, 3.05) is 0 Å². The highest BCUT2D eigenvalue weighted by molar-refractivity contribution is 6.18. The van der Waals surface area contributed by atoms with Gasteiger partial charge in [0.2, 0.25) is 0 Å². The summed E-state index contributed by atoms with van der Waals surface area (Å²) < 4.78 is 0. The molecule has 0 radical (unpaired) electrons. The van der Waals surface area contributed by atoms with Gasteiger partial charge in [-0.05, 0) is 33.0 Å². The summed E-state index contributed by atoms with van der Waals surface area (Å²) in [5, 5.41) is 7.41. The largest absolute Gasteiger partial charge is 0.115 e. The second-order valence-corrected chi connectivity index (χ2v) is 5.00. The SMILES string of the molecule is C#Cc1cccc2ccc3c4ccccc4ccc3c12. The molecule has 0 aliphatic heterocycles. The van der Waals surface area contributed by atoms with E-state index in [1.807, 2.05) is 12.1 Å². The molecule has 0 saturated heterocycles. The van der Waals surface area contributed by atoms with Gasteiger partial charge in [-0.2, -0.15) is 0 Å². The van der Waals surface area contributed by atoms with E-state index in [0.29, 0.717) is 0 Å². The van der Waals surface area contributed by atoms with Crippen LogP contribution >= 0.6 is 0 Å². The molecule has 0 aliphatic rings. The molecule has 0 unspecified atom stereocenters. The molecule has 4 aromatic carbocycles. The summed E-state index contributed by atoms with van der Waals surface area (Å²) in [6, 6.07) is 23.3. The molecule has 0 spiro atoms. The molecule has 4 aromatic rings. The van der Waals surface area contributed by atoms with Gasteiger partial charge >= 0.3 is 0 Å². The molecule has 0 aromatic heterocycles. The molecule has 0 saturated carbocycles. The molecule has 0 amide bonds. The predicted molar refractivity (Wildman–Crippen MR) is 86.9 cm³/mol. The van der Waals surface area contributed by atoms with Crippen molar-refractivity contribution in [2.45, 2.75) is 0 Å². The fraction of sp³-hybridized carbons (Fsp3) is 0. The Morgan fingerprint density at radius 2 is 1.35 bits per heavy atom. The van der Waals surface area contributed by atoms with Crippen molar-refractivity contribution in [1.29, 1.82) is 0 Å². The number of fused-ring (bicyclic) bond motifs is 5. The van der Waals surface area contributed by atoms with E-state index < -0.39 is 0 Å². The van der Waals surface area contributed by atoms with E-state index in [-0.39, 0.29) is 0 Å². The Morgan fingerprint density at radius 1 is 0.600 bits per heavy atom. The van der Waals surface area contributed by atoms with Gasteiger partial charge in [0.15, 0.2) is 0 Å². The van der Waals surface area contributed by atoms with E-state index in [0.717, 1.165) is 5.56 Å². The summed E-state index contributed by atoms with van der Waals surface area (Å²) in [5.41, 5.74) is 0.961. The van der Waals surface area contributed by atoms with Crippen LogP contribution in [0, 0.1) is 12.3 Å². The lowest BCUT2D eigenvalue weighted by atomic mass is 9.94. The highest BCUT2D eigenvalue weighted by Crippen LogP contribution is 2.32. The maximum absolute atomic E-state index is 5.67. The standard InChI is InChI=1S/C20H12/c1-2-14-7-5-8-16-11-12-18-17-9-4-3-6-15(17)10-13-19(18)20(14)16/h1,3-13H. The first-order valence-electron chi connectivity index (χ1n) is 6.68. The van der Waals surface area contributed by atoms with Gasteiger partial charge in [0, 0.05) is 10.9 Å². The zero-order chi connectivity index (χ0) is 13.5. The van der Waals surface area contributed by atoms with Gasteiger partial charge in [-0.15, -0.1) is 6.42 Å². The van der Waals surface area contributed by atoms with E-state index in [1.54, 1.807) is 0 Å². The monoisotopic (exact) mass is 252 g/mol. The summed E-state index contributed by atoms with van der Waals surface area (Å²) in [6.07, 6.45) is 5.67. The minimum atomic E-state index is 0.961. The Morgan fingerprint density at radius 3 is 2.25 bits per heavy atom. The van der Waals surface area contributed by atoms with Gasteiger partial charge in [-0.1, -0.05) is 66.6 Å². The van der Waals surface area contributed by atoms with Gasteiger partial charge in [-0.25, -0.2) is 0 Å². The smallest absolute Gasteiger partial charge is 0.0327 e. The second kappa shape index (κ2) is 4.11. The van der Waals surface area contributed by atoms with E-state index >= 15 is 0 Å². The van der Waals surface area contributed by atoms with E-state index in [4.69, 9.17) is 6.42 Å². The molecule has 0 N–H and O–H groups in total. The van der Waals surface area contributed by atoms with Crippen molar-refractivity contribution in [3.8, 4) is 12.3 Å². The van der Waals surface area contributed by atoms with E-state index in [9.17, 15) is 0 Å². The van der Waals surface area contributed by atoms with Crippen LogP contribution in [-0.4, -0.2) is 0 Å². The molecular formula is C20H12. The van der Waals surface area contributed by atoms with E-state index in [1.165, 1.54) is 32.3 Å². The number of rotatable bonds is 0. The molecule has 0 aliphatic carbocycles. The van der Waals surface area contributed by atoms with Crippen LogP contribution < -0.4 is 0 Å². The first-order chi connectivity index (χ1) is 9.88. The van der Waals surface area contributed by atoms with E-state index in [2.05, 4.69) is 60.5 Å². The molecule has 0 nitrogen and oxygen atoms in total. The molecular weight excluding hydrogens is 240 g/mol. The lowest BCUT2D eigenvalue weighted by Crippen LogP contribution is -1.84. The third-order valence-corrected chi connectivity index (χ3v) is 3.92. The summed E-state index contributed by atoms with van der Waals surface area (Å²) in [4.78, 5) is 0. The first-order valence-corrected chi connectivity index (χ1v) is 6.68.